The van der Waals surface area contributed by atoms with Gasteiger partial charge < -0.3 is 4.90 Å². The molecule has 0 saturated carbocycles. The number of nitrogens with zero attached hydrogens (tertiary/aromatic N) is 2. The number of hydrogen-bond acceptors (Lipinski definition) is 2. The van der Waals surface area contributed by atoms with Gasteiger partial charge in [-0.2, -0.15) is 5.10 Å². The van der Waals surface area contributed by atoms with E-state index in [1.54, 1.807) is 0 Å². The third-order valence-electron chi connectivity index (χ3n) is 3.89. The lowest BCUT2D eigenvalue weighted by atomic mass is 9.89. The molecule has 0 spiro atoms. The number of likely N-dealkylation sites (N-methyl/N-ethyl adjacent to an activating group) is 1. The van der Waals surface area contributed by atoms with Crippen molar-refractivity contribution in [2.75, 3.05) is 13.6 Å². The summed E-state index contributed by atoms with van der Waals surface area (Å²) in [6.45, 7) is 5.25. The molecule has 20 heavy (non-hydrogen) atoms. The maximum absolute atomic E-state index is 4.09. The first kappa shape index (κ1) is 12.7. The molecule has 1 aromatic heterocycles. The Morgan fingerprint density at radius 1 is 1.20 bits per heavy atom. The minimum absolute atomic E-state index is 0.932. The van der Waals surface area contributed by atoms with Crippen LogP contribution in [0.25, 0.3) is 11.1 Å². The molecule has 2 aromatic rings. The lowest BCUT2D eigenvalue weighted by molar-refractivity contribution is 0.465. The van der Waals surface area contributed by atoms with Crippen molar-refractivity contribution in [3.05, 3.63) is 65.1 Å². The van der Waals surface area contributed by atoms with E-state index in [4.69, 9.17) is 0 Å². The second-order valence-electron chi connectivity index (χ2n) is 5.32. The number of rotatable bonds is 2. The fourth-order valence-corrected chi connectivity index (χ4v) is 2.68. The van der Waals surface area contributed by atoms with Gasteiger partial charge in [-0.25, -0.2) is 0 Å². The first-order valence-corrected chi connectivity index (χ1v) is 6.85. The average Bonchev–Trinajstić information content (AvgIpc) is 2.95. The van der Waals surface area contributed by atoms with E-state index >= 15 is 0 Å². The van der Waals surface area contributed by atoms with Crippen LogP contribution < -0.4 is 0 Å². The Kier molecular flexibility index (Phi) is 3.18. The Balaban J connectivity index is 2.16. The number of aromatic nitrogens is 2. The normalized spacial score (nSPS) is 15.6. The zero-order valence-corrected chi connectivity index (χ0v) is 12.1. The third kappa shape index (κ3) is 2.16. The number of nitrogens with one attached hydrogen (secondary N) is 1. The fourth-order valence-electron chi connectivity index (χ4n) is 2.68. The molecule has 0 saturated heterocycles. The molecule has 0 amide bonds. The summed E-state index contributed by atoms with van der Waals surface area (Å²) in [7, 11) is 2.13. The Hall–Kier alpha value is -2.29. The van der Waals surface area contributed by atoms with Gasteiger partial charge in [0.2, 0.25) is 0 Å². The zero-order chi connectivity index (χ0) is 14.1. The van der Waals surface area contributed by atoms with Crippen molar-refractivity contribution in [1.82, 2.24) is 15.1 Å². The van der Waals surface area contributed by atoms with Crippen LogP contribution in [0.2, 0.25) is 0 Å². The molecule has 3 nitrogen and oxygen atoms in total. The van der Waals surface area contributed by atoms with E-state index in [1.165, 1.54) is 28.0 Å². The van der Waals surface area contributed by atoms with Crippen molar-refractivity contribution in [2.24, 2.45) is 0 Å². The van der Waals surface area contributed by atoms with E-state index in [0.717, 1.165) is 12.1 Å². The van der Waals surface area contributed by atoms with Crippen LogP contribution in [0.3, 0.4) is 0 Å². The lowest BCUT2D eigenvalue weighted by Gasteiger charge is -2.28. The average molecular weight is 265 g/mol. The van der Waals surface area contributed by atoms with Crippen LogP contribution >= 0.6 is 0 Å². The molecule has 0 fully saturated rings. The van der Waals surface area contributed by atoms with Crippen molar-refractivity contribution < 1.29 is 0 Å². The summed E-state index contributed by atoms with van der Waals surface area (Å²) in [5.74, 6) is 0. The van der Waals surface area contributed by atoms with E-state index in [0.29, 0.717) is 0 Å². The molecule has 1 aromatic carbocycles. The van der Waals surface area contributed by atoms with Crippen molar-refractivity contribution in [2.45, 2.75) is 13.8 Å². The van der Waals surface area contributed by atoms with E-state index in [1.807, 2.05) is 12.4 Å². The molecule has 1 aliphatic heterocycles. The van der Waals surface area contributed by atoms with Gasteiger partial charge in [-0.3, -0.25) is 5.10 Å². The van der Waals surface area contributed by atoms with Crippen molar-refractivity contribution >= 4 is 11.1 Å². The smallest absolute Gasteiger partial charge is 0.0565 e. The molecule has 1 N–H and O–H groups in total. The highest BCUT2D eigenvalue weighted by Crippen LogP contribution is 2.37. The fraction of sp³-hybridized carbons (Fsp3) is 0.235. The number of allylic oxidation sites excluding steroid dienone is 3. The van der Waals surface area contributed by atoms with Crippen LogP contribution in [-0.2, 0) is 0 Å². The summed E-state index contributed by atoms with van der Waals surface area (Å²) in [4.78, 5) is 2.28. The molecule has 3 rings (SSSR count). The van der Waals surface area contributed by atoms with E-state index in [-0.39, 0.29) is 0 Å². The van der Waals surface area contributed by atoms with Gasteiger partial charge in [0, 0.05) is 36.6 Å². The molecule has 2 heterocycles. The number of aromatic amines is 1. The molecule has 0 aliphatic carbocycles. The predicted molar refractivity (Wildman–Crippen MR) is 83.0 cm³/mol. The maximum Gasteiger partial charge on any atom is 0.0565 e. The van der Waals surface area contributed by atoms with Crippen LogP contribution in [0.4, 0.5) is 0 Å². The van der Waals surface area contributed by atoms with Crippen molar-refractivity contribution in [3.8, 4) is 0 Å². The van der Waals surface area contributed by atoms with Crippen molar-refractivity contribution in [1.29, 1.82) is 0 Å². The zero-order valence-electron chi connectivity index (χ0n) is 12.1. The number of aryl methyl sites for hydroxylation is 1. The number of benzene rings is 1. The van der Waals surface area contributed by atoms with Gasteiger partial charge in [-0.05, 0) is 25.0 Å². The summed E-state index contributed by atoms with van der Waals surface area (Å²) in [6.07, 6.45) is 6.12. The Bertz CT molecular complexity index is 678. The van der Waals surface area contributed by atoms with Gasteiger partial charge in [0.25, 0.3) is 0 Å². The quantitative estimate of drug-likeness (QED) is 0.901. The van der Waals surface area contributed by atoms with Crippen LogP contribution in [0.15, 0.2) is 48.4 Å². The second kappa shape index (κ2) is 5.00. The first-order valence-electron chi connectivity index (χ1n) is 6.85. The van der Waals surface area contributed by atoms with Gasteiger partial charge in [0.05, 0.1) is 6.20 Å². The predicted octanol–water partition coefficient (Wildman–Crippen LogP) is 3.48. The number of hydrogen-bond donors (Lipinski definition) is 1. The maximum atomic E-state index is 4.09. The Morgan fingerprint density at radius 2 is 2.05 bits per heavy atom. The van der Waals surface area contributed by atoms with Gasteiger partial charge in [0.1, 0.15) is 0 Å². The minimum atomic E-state index is 0.932. The van der Waals surface area contributed by atoms with Crippen molar-refractivity contribution in [3.63, 3.8) is 0 Å². The molecule has 0 atom stereocenters. The van der Waals surface area contributed by atoms with E-state index in [9.17, 15) is 0 Å². The Morgan fingerprint density at radius 3 is 2.75 bits per heavy atom. The molecular weight excluding hydrogens is 246 g/mol. The monoisotopic (exact) mass is 265 g/mol. The third-order valence-corrected chi connectivity index (χ3v) is 3.89. The molecule has 0 bridgehead atoms. The second-order valence-corrected chi connectivity index (χ2v) is 5.32. The van der Waals surface area contributed by atoms with Crippen LogP contribution in [0.5, 0.6) is 0 Å². The number of H-pyrrole nitrogens is 1. The molecule has 0 radical (unpaired) electrons. The SMILES string of the molecule is CC1=C(c2cccc(C)c2)C(c2cn[nH]c2)=CCN1C. The summed E-state index contributed by atoms with van der Waals surface area (Å²) >= 11 is 0. The largest absolute Gasteiger partial charge is 0.374 e. The molecule has 1 aliphatic rings. The highest BCUT2D eigenvalue weighted by molar-refractivity contribution is 6.06. The topological polar surface area (TPSA) is 31.9 Å². The molecular formula is C17H19N3. The summed E-state index contributed by atoms with van der Waals surface area (Å²) in [5.41, 5.74) is 7.55. The summed E-state index contributed by atoms with van der Waals surface area (Å²) < 4.78 is 0. The molecule has 102 valence electrons. The molecule has 3 heteroatoms. The summed E-state index contributed by atoms with van der Waals surface area (Å²) in [6, 6.07) is 8.67. The lowest BCUT2D eigenvalue weighted by Crippen LogP contribution is -2.21. The van der Waals surface area contributed by atoms with Gasteiger partial charge in [0.15, 0.2) is 0 Å². The highest BCUT2D eigenvalue weighted by atomic mass is 15.1. The molecule has 0 unspecified atom stereocenters. The minimum Gasteiger partial charge on any atom is -0.374 e. The van der Waals surface area contributed by atoms with Gasteiger partial charge in [-0.1, -0.05) is 35.9 Å². The Labute approximate surface area is 119 Å². The van der Waals surface area contributed by atoms with Crippen LogP contribution in [0, 0.1) is 6.92 Å². The summed E-state index contributed by atoms with van der Waals surface area (Å²) in [5, 5.41) is 6.99. The highest BCUT2D eigenvalue weighted by Gasteiger charge is 2.20. The van der Waals surface area contributed by atoms with Crippen LogP contribution in [0.1, 0.15) is 23.6 Å². The van der Waals surface area contributed by atoms with E-state index in [2.05, 4.69) is 66.3 Å². The first-order chi connectivity index (χ1) is 9.66. The van der Waals surface area contributed by atoms with Gasteiger partial charge >= 0.3 is 0 Å². The van der Waals surface area contributed by atoms with Gasteiger partial charge in [-0.15, -0.1) is 0 Å². The van der Waals surface area contributed by atoms with E-state index < -0.39 is 0 Å². The van der Waals surface area contributed by atoms with Crippen LogP contribution in [-0.4, -0.2) is 28.7 Å². The standard InChI is InChI=1S/C17H19N3/c1-12-5-4-6-14(9-12)17-13(2)20(3)8-7-16(17)15-10-18-19-11-15/h4-7,9-11H,8H2,1-3H3,(H,18,19).